The maximum atomic E-state index is 9.16. The van der Waals surface area contributed by atoms with Crippen LogP contribution in [0.25, 0.3) is 0 Å². The molecule has 4 rings (SSSR count). The van der Waals surface area contributed by atoms with Crippen LogP contribution in [-0.4, -0.2) is 62.5 Å². The molecule has 0 aliphatic carbocycles. The lowest BCUT2D eigenvalue weighted by molar-refractivity contribution is -0.0777. The maximum Gasteiger partial charge on any atom is 0.259 e. The van der Waals surface area contributed by atoms with E-state index in [0.717, 1.165) is 28.2 Å². The van der Waals surface area contributed by atoms with Gasteiger partial charge in [-0.2, -0.15) is 5.26 Å². The molecule has 1 heterocycles. The van der Waals surface area contributed by atoms with Crippen molar-refractivity contribution >= 4 is 8.53 Å². The molecule has 1 saturated heterocycles. The van der Waals surface area contributed by atoms with Crippen molar-refractivity contribution in [2.75, 3.05) is 27.4 Å². The van der Waals surface area contributed by atoms with E-state index in [-0.39, 0.29) is 37.0 Å². The monoisotopic (exact) mass is 634 g/mol. The second-order valence-electron chi connectivity index (χ2n) is 11.7. The van der Waals surface area contributed by atoms with Crippen LogP contribution in [0, 0.1) is 11.3 Å². The van der Waals surface area contributed by atoms with Crippen molar-refractivity contribution in [3.8, 4) is 17.6 Å². The first-order chi connectivity index (χ1) is 21.7. The highest BCUT2D eigenvalue weighted by atomic mass is 31.2. The third kappa shape index (κ3) is 8.42. The predicted molar refractivity (Wildman–Crippen MR) is 177 cm³/mol. The summed E-state index contributed by atoms with van der Waals surface area (Å²) in [5, 5.41) is 9.16. The Kier molecular flexibility index (Phi) is 12.8. The van der Waals surface area contributed by atoms with E-state index in [1.54, 1.807) is 14.2 Å². The zero-order chi connectivity index (χ0) is 32.4. The molecule has 1 aliphatic rings. The van der Waals surface area contributed by atoms with Gasteiger partial charge in [0.2, 0.25) is 0 Å². The summed E-state index contributed by atoms with van der Waals surface area (Å²) in [6.45, 7) is 11.2. The molecular weight excluding hydrogens is 587 g/mol. The van der Waals surface area contributed by atoms with Gasteiger partial charge in [0.15, 0.2) is 0 Å². The first-order valence-electron chi connectivity index (χ1n) is 15.6. The van der Waals surface area contributed by atoms with E-state index in [2.05, 4.69) is 57.5 Å². The van der Waals surface area contributed by atoms with Crippen LogP contribution in [0.1, 0.15) is 64.2 Å². The van der Waals surface area contributed by atoms with Gasteiger partial charge in [0.1, 0.15) is 23.2 Å². The number of hydrogen-bond acceptors (Lipinski definition) is 8. The Morgan fingerprint density at radius 2 is 1.40 bits per heavy atom. The Hall–Kier alpha value is -3.02. The number of benzene rings is 3. The molecule has 3 aromatic rings. The van der Waals surface area contributed by atoms with Gasteiger partial charge in [0.05, 0.1) is 52.1 Å². The number of methoxy groups -OCH3 is 2. The molecular formula is C36H47N2O6P. The van der Waals surface area contributed by atoms with Crippen molar-refractivity contribution < 1.29 is 28.0 Å². The third-order valence-electron chi connectivity index (χ3n) is 7.91. The van der Waals surface area contributed by atoms with Gasteiger partial charge in [0, 0.05) is 18.5 Å². The highest BCUT2D eigenvalue weighted by molar-refractivity contribution is 7.44. The van der Waals surface area contributed by atoms with Gasteiger partial charge in [-0.25, -0.2) is 4.67 Å². The summed E-state index contributed by atoms with van der Waals surface area (Å²) in [7, 11) is 1.89. The lowest BCUT2D eigenvalue weighted by Gasteiger charge is -2.39. The highest BCUT2D eigenvalue weighted by Gasteiger charge is 2.43. The molecule has 1 fully saturated rings. The highest BCUT2D eigenvalue weighted by Crippen LogP contribution is 2.50. The van der Waals surface area contributed by atoms with E-state index in [1.165, 1.54) is 0 Å². The SMILES string of the molecule is COc1ccc(C(OCC2OC(C)CC2OP(OCCC#N)N(C(C)C)C(C)C)(c2ccccc2)c2ccc(OC)cc2)cc1. The van der Waals surface area contributed by atoms with Gasteiger partial charge in [-0.3, -0.25) is 0 Å². The van der Waals surface area contributed by atoms with E-state index in [4.69, 9.17) is 33.3 Å². The molecule has 0 saturated carbocycles. The first kappa shape index (κ1) is 34.8. The van der Waals surface area contributed by atoms with Crippen LogP contribution in [-0.2, 0) is 24.1 Å². The first-order valence-corrected chi connectivity index (χ1v) is 16.8. The normalized spacial score (nSPS) is 19.2. The van der Waals surface area contributed by atoms with Gasteiger partial charge < -0.3 is 28.0 Å². The van der Waals surface area contributed by atoms with Crippen LogP contribution < -0.4 is 9.47 Å². The van der Waals surface area contributed by atoms with Gasteiger partial charge in [-0.05, 0) is 75.6 Å². The Bertz CT molecular complexity index is 1290. The largest absolute Gasteiger partial charge is 0.497 e. The molecule has 0 radical (unpaired) electrons. The number of hydrogen-bond donors (Lipinski definition) is 0. The Morgan fingerprint density at radius 3 is 1.89 bits per heavy atom. The molecule has 0 bridgehead atoms. The zero-order valence-corrected chi connectivity index (χ0v) is 28.4. The van der Waals surface area contributed by atoms with E-state index in [1.807, 2.05) is 66.7 Å². The summed E-state index contributed by atoms with van der Waals surface area (Å²) in [4.78, 5) is 0. The van der Waals surface area contributed by atoms with Crippen molar-refractivity contribution in [1.29, 1.82) is 5.26 Å². The fourth-order valence-corrected chi connectivity index (χ4v) is 7.63. The lowest BCUT2D eigenvalue weighted by atomic mass is 9.80. The van der Waals surface area contributed by atoms with Gasteiger partial charge in [-0.15, -0.1) is 0 Å². The Morgan fingerprint density at radius 1 is 0.867 bits per heavy atom. The third-order valence-corrected chi connectivity index (χ3v) is 10.1. The smallest absolute Gasteiger partial charge is 0.259 e. The van der Waals surface area contributed by atoms with E-state index in [9.17, 15) is 0 Å². The maximum absolute atomic E-state index is 9.16. The lowest BCUT2D eigenvalue weighted by Crippen LogP contribution is -2.39. The van der Waals surface area contributed by atoms with Crippen LogP contribution in [0.5, 0.6) is 11.5 Å². The molecule has 0 amide bonds. The molecule has 4 unspecified atom stereocenters. The molecule has 4 atom stereocenters. The average Bonchev–Trinajstić information content (AvgIpc) is 3.40. The van der Waals surface area contributed by atoms with Gasteiger partial charge >= 0.3 is 0 Å². The number of nitriles is 1. The summed E-state index contributed by atoms with van der Waals surface area (Å²) in [6, 6.07) is 28.8. The molecule has 3 aromatic carbocycles. The van der Waals surface area contributed by atoms with E-state index in [0.29, 0.717) is 19.4 Å². The standard InChI is InChI=1S/C36H47N2O6P/c1-26(2)38(27(3)4)45(42-23-11-22-37)44-34-24-28(5)43-35(34)25-41-36(29-12-9-8-10-13-29,30-14-18-32(39-6)19-15-30)31-16-20-33(40-7)21-17-31/h8-10,12-21,26-28,34-35H,11,23-25H2,1-7H3. The number of rotatable bonds is 16. The summed E-state index contributed by atoms with van der Waals surface area (Å²) in [5.41, 5.74) is 1.93. The Balaban J connectivity index is 1.72. The molecule has 0 spiro atoms. The van der Waals surface area contributed by atoms with E-state index < -0.39 is 14.1 Å². The van der Waals surface area contributed by atoms with Crippen LogP contribution in [0.2, 0.25) is 0 Å². The molecule has 1 aliphatic heterocycles. The minimum Gasteiger partial charge on any atom is -0.497 e. The van der Waals surface area contributed by atoms with Crippen molar-refractivity contribution in [3.05, 3.63) is 95.6 Å². The van der Waals surface area contributed by atoms with Crippen molar-refractivity contribution in [2.45, 2.75) is 83.5 Å². The summed E-state index contributed by atoms with van der Waals surface area (Å²) < 4.78 is 39.9. The molecule has 9 heteroatoms. The Labute approximate surface area is 270 Å². The topological polar surface area (TPSA) is 82.4 Å². The predicted octanol–water partition coefficient (Wildman–Crippen LogP) is 7.85. The van der Waals surface area contributed by atoms with Crippen LogP contribution in [0.15, 0.2) is 78.9 Å². The van der Waals surface area contributed by atoms with Crippen LogP contribution >= 0.6 is 8.53 Å². The second kappa shape index (κ2) is 16.5. The summed E-state index contributed by atoms with van der Waals surface area (Å²) >= 11 is 0. The number of nitrogens with zero attached hydrogens (tertiary/aromatic N) is 2. The minimum absolute atomic E-state index is 0.0146. The summed E-state index contributed by atoms with van der Waals surface area (Å²) in [6.07, 6.45) is 0.402. The van der Waals surface area contributed by atoms with Crippen molar-refractivity contribution in [1.82, 2.24) is 4.67 Å². The minimum atomic E-state index is -1.43. The zero-order valence-electron chi connectivity index (χ0n) is 27.5. The number of ether oxygens (including phenoxy) is 4. The average molecular weight is 635 g/mol. The fourth-order valence-electron chi connectivity index (χ4n) is 5.87. The van der Waals surface area contributed by atoms with E-state index >= 15 is 0 Å². The quantitative estimate of drug-likeness (QED) is 0.0895. The van der Waals surface area contributed by atoms with Gasteiger partial charge in [0.25, 0.3) is 8.53 Å². The molecule has 0 N–H and O–H groups in total. The van der Waals surface area contributed by atoms with Crippen molar-refractivity contribution in [2.24, 2.45) is 0 Å². The van der Waals surface area contributed by atoms with Crippen LogP contribution in [0.3, 0.4) is 0 Å². The fraction of sp³-hybridized carbons (Fsp3) is 0.472. The molecule has 0 aromatic heterocycles. The summed E-state index contributed by atoms with van der Waals surface area (Å²) in [5.74, 6) is 1.53. The van der Waals surface area contributed by atoms with Gasteiger partial charge in [-0.1, -0.05) is 54.6 Å². The molecule has 8 nitrogen and oxygen atoms in total. The second-order valence-corrected chi connectivity index (χ2v) is 13.1. The molecule has 45 heavy (non-hydrogen) atoms. The molecule has 242 valence electrons. The van der Waals surface area contributed by atoms with Crippen LogP contribution in [0.4, 0.5) is 0 Å². The van der Waals surface area contributed by atoms with Crippen molar-refractivity contribution in [3.63, 3.8) is 0 Å².